The molecule has 1 unspecified atom stereocenters. The van der Waals surface area contributed by atoms with Crippen LogP contribution in [-0.2, 0) is 28.6 Å². The van der Waals surface area contributed by atoms with Gasteiger partial charge in [0.05, 0.1) is 0 Å². The third kappa shape index (κ3) is 46.6. The maximum atomic E-state index is 12.8. The predicted octanol–water partition coefficient (Wildman–Crippen LogP) is 15.9. The maximum absolute atomic E-state index is 12.8. The lowest BCUT2D eigenvalue weighted by molar-refractivity contribution is -0.167. The Hall–Kier alpha value is -4.45. The van der Waals surface area contributed by atoms with Gasteiger partial charge in [-0.1, -0.05) is 206 Å². The van der Waals surface area contributed by atoms with Crippen molar-refractivity contribution in [3.63, 3.8) is 0 Å². The van der Waals surface area contributed by atoms with Crippen LogP contribution < -0.4 is 0 Å². The van der Waals surface area contributed by atoms with E-state index in [2.05, 4.69) is 93.7 Å². The second-order valence-corrected chi connectivity index (χ2v) is 15.4. The Balaban J connectivity index is 4.54. The molecule has 0 saturated heterocycles. The Morgan fingerprint density at radius 2 is 0.661 bits per heavy atom. The molecule has 0 saturated carbocycles. The van der Waals surface area contributed by atoms with E-state index in [4.69, 9.17) is 14.2 Å². The SMILES string of the molecule is CC/C=C/C=C/C=C/C=C/CCCCCCCC(=O)OC(COC(=O)CCCCC/C=C/C=C/C=C/C=C/CC)COC(=O)CCCCCCCC/C=C/C/C=C/C/C=C/CC. The second kappa shape index (κ2) is 49.2. The topological polar surface area (TPSA) is 78.9 Å². The highest BCUT2D eigenvalue weighted by molar-refractivity contribution is 5.71. The molecule has 0 aromatic rings. The molecule has 6 heteroatoms. The van der Waals surface area contributed by atoms with E-state index in [0.29, 0.717) is 12.8 Å². The van der Waals surface area contributed by atoms with Crippen molar-refractivity contribution in [3.8, 4) is 0 Å². The van der Waals surface area contributed by atoms with Crippen LogP contribution in [0.15, 0.2) is 134 Å². The van der Waals surface area contributed by atoms with Gasteiger partial charge in [-0.15, -0.1) is 0 Å². The summed E-state index contributed by atoms with van der Waals surface area (Å²) >= 11 is 0. The van der Waals surface area contributed by atoms with E-state index < -0.39 is 6.10 Å². The minimum absolute atomic E-state index is 0.113. The summed E-state index contributed by atoms with van der Waals surface area (Å²) in [5.41, 5.74) is 0. The summed E-state index contributed by atoms with van der Waals surface area (Å²) < 4.78 is 16.7. The molecule has 0 aromatic heterocycles. The van der Waals surface area contributed by atoms with Crippen molar-refractivity contribution in [1.29, 1.82) is 0 Å². The average Bonchev–Trinajstić information content (AvgIpc) is 3.27. The van der Waals surface area contributed by atoms with Crippen LogP contribution in [0.5, 0.6) is 0 Å². The van der Waals surface area contributed by atoms with Crippen LogP contribution in [0.3, 0.4) is 0 Å². The molecule has 346 valence electrons. The molecule has 0 bridgehead atoms. The van der Waals surface area contributed by atoms with E-state index in [9.17, 15) is 14.4 Å². The zero-order valence-corrected chi connectivity index (χ0v) is 39.3. The van der Waals surface area contributed by atoms with Gasteiger partial charge in [0, 0.05) is 19.3 Å². The highest BCUT2D eigenvalue weighted by Crippen LogP contribution is 2.13. The van der Waals surface area contributed by atoms with Crippen molar-refractivity contribution in [1.82, 2.24) is 0 Å². The molecule has 0 N–H and O–H groups in total. The average molecular weight is 855 g/mol. The molecule has 62 heavy (non-hydrogen) atoms. The summed E-state index contributed by atoms with van der Waals surface area (Å²) in [5.74, 6) is -1.00. The Labute approximate surface area is 379 Å². The van der Waals surface area contributed by atoms with Gasteiger partial charge < -0.3 is 14.2 Å². The number of carbonyl (C=O) groups is 3. The van der Waals surface area contributed by atoms with Crippen LogP contribution in [0.1, 0.15) is 181 Å². The summed E-state index contributed by atoms with van der Waals surface area (Å²) in [6.45, 7) is 6.15. The molecule has 0 heterocycles. The van der Waals surface area contributed by atoms with Crippen molar-refractivity contribution in [3.05, 3.63) is 134 Å². The number of carbonyl (C=O) groups excluding carboxylic acids is 3. The minimum atomic E-state index is -0.816. The summed E-state index contributed by atoms with van der Waals surface area (Å²) in [5, 5.41) is 0. The number of hydrogen-bond acceptors (Lipinski definition) is 6. The molecule has 0 spiro atoms. The van der Waals surface area contributed by atoms with Crippen LogP contribution >= 0.6 is 0 Å². The van der Waals surface area contributed by atoms with Crippen LogP contribution in [0.25, 0.3) is 0 Å². The predicted molar refractivity (Wildman–Crippen MR) is 265 cm³/mol. The summed E-state index contributed by atoms with van der Waals surface area (Å²) in [7, 11) is 0. The van der Waals surface area contributed by atoms with Gasteiger partial charge in [-0.05, 0) is 89.9 Å². The van der Waals surface area contributed by atoms with Crippen molar-refractivity contribution in [2.75, 3.05) is 13.2 Å². The smallest absolute Gasteiger partial charge is 0.306 e. The lowest BCUT2D eigenvalue weighted by Crippen LogP contribution is -2.30. The number of esters is 3. The first kappa shape index (κ1) is 57.5. The molecule has 0 aliphatic heterocycles. The Bertz CT molecular complexity index is 1400. The molecule has 1 atom stereocenters. The monoisotopic (exact) mass is 855 g/mol. The Kier molecular flexibility index (Phi) is 45.7. The zero-order chi connectivity index (χ0) is 45.1. The molecule has 0 aliphatic carbocycles. The quantitative estimate of drug-likeness (QED) is 0.0200. The molecule has 0 radical (unpaired) electrons. The van der Waals surface area contributed by atoms with E-state index in [1.165, 1.54) is 12.8 Å². The standard InChI is InChI=1S/C56H86O6/c1-4-7-10-13-16-19-22-25-27-29-31-34-37-40-43-46-49-55(58)61-52-53(51-60-54(57)48-45-42-39-36-33-30-24-21-18-15-12-9-6-3)62-56(59)50-47-44-41-38-35-32-28-26-23-20-17-14-11-8-5-2/h7-12,14-21,23-28,30,33,53H,4-6,13,22,29,31-32,34-52H2,1-3H3/b10-7+,11-8+,12-9+,17-14+,18-15+,19-16+,23-20+,24-21+,27-25+,28-26+,33-30+. The summed E-state index contributed by atoms with van der Waals surface area (Å²) in [4.78, 5) is 37.9. The molecule has 6 nitrogen and oxygen atoms in total. The largest absolute Gasteiger partial charge is 0.462 e. The maximum Gasteiger partial charge on any atom is 0.306 e. The van der Waals surface area contributed by atoms with Crippen molar-refractivity contribution in [2.24, 2.45) is 0 Å². The van der Waals surface area contributed by atoms with Crippen LogP contribution in [0.4, 0.5) is 0 Å². The summed E-state index contributed by atoms with van der Waals surface area (Å²) in [6, 6.07) is 0. The van der Waals surface area contributed by atoms with E-state index in [-0.39, 0.29) is 37.5 Å². The van der Waals surface area contributed by atoms with Gasteiger partial charge >= 0.3 is 17.9 Å². The number of unbranched alkanes of at least 4 members (excludes halogenated alkanes) is 14. The summed E-state index contributed by atoms with van der Waals surface area (Å²) in [6.07, 6.45) is 68.6. The number of allylic oxidation sites excluding steroid dienone is 22. The number of ether oxygens (including phenoxy) is 3. The van der Waals surface area contributed by atoms with E-state index in [1.54, 1.807) is 0 Å². The zero-order valence-electron chi connectivity index (χ0n) is 39.3. The highest BCUT2D eigenvalue weighted by Gasteiger charge is 2.19. The fraction of sp³-hybridized carbons (Fsp3) is 0.554. The van der Waals surface area contributed by atoms with E-state index in [0.717, 1.165) is 128 Å². The van der Waals surface area contributed by atoms with Crippen LogP contribution in [0.2, 0.25) is 0 Å². The van der Waals surface area contributed by atoms with E-state index >= 15 is 0 Å². The van der Waals surface area contributed by atoms with Gasteiger partial charge in [0.15, 0.2) is 6.10 Å². The normalized spacial score (nSPS) is 13.3. The van der Waals surface area contributed by atoms with Gasteiger partial charge in [-0.2, -0.15) is 0 Å². The molecule has 0 amide bonds. The highest BCUT2D eigenvalue weighted by atomic mass is 16.6. The molecule has 0 aromatic carbocycles. The molecule has 0 rings (SSSR count). The van der Waals surface area contributed by atoms with Gasteiger partial charge in [-0.25, -0.2) is 0 Å². The Morgan fingerprint density at radius 3 is 1.11 bits per heavy atom. The minimum Gasteiger partial charge on any atom is -0.462 e. The first-order chi connectivity index (χ1) is 30.5. The van der Waals surface area contributed by atoms with Gasteiger partial charge in [0.2, 0.25) is 0 Å². The van der Waals surface area contributed by atoms with Gasteiger partial charge in [-0.3, -0.25) is 14.4 Å². The molecule has 0 aliphatic rings. The number of hydrogen-bond donors (Lipinski definition) is 0. The molecule has 0 fully saturated rings. The van der Waals surface area contributed by atoms with Crippen molar-refractivity contribution in [2.45, 2.75) is 187 Å². The lowest BCUT2D eigenvalue weighted by Gasteiger charge is -2.18. The third-order valence-corrected chi connectivity index (χ3v) is 9.57. The van der Waals surface area contributed by atoms with Crippen LogP contribution in [0, 0.1) is 0 Å². The molecular formula is C56H86O6. The second-order valence-electron chi connectivity index (χ2n) is 15.4. The first-order valence-electron chi connectivity index (χ1n) is 24.3. The fourth-order valence-electron chi connectivity index (χ4n) is 6.00. The van der Waals surface area contributed by atoms with E-state index in [1.807, 2.05) is 60.8 Å². The van der Waals surface area contributed by atoms with Crippen molar-refractivity contribution >= 4 is 17.9 Å². The first-order valence-corrected chi connectivity index (χ1v) is 24.3. The van der Waals surface area contributed by atoms with Crippen LogP contribution in [-0.4, -0.2) is 37.2 Å². The Morgan fingerprint density at radius 1 is 0.339 bits per heavy atom. The number of rotatable bonds is 41. The fourth-order valence-corrected chi connectivity index (χ4v) is 6.00. The van der Waals surface area contributed by atoms with Gasteiger partial charge in [0.25, 0.3) is 0 Å². The van der Waals surface area contributed by atoms with Gasteiger partial charge in [0.1, 0.15) is 13.2 Å². The third-order valence-electron chi connectivity index (χ3n) is 9.57. The molecular weight excluding hydrogens is 769 g/mol. The lowest BCUT2D eigenvalue weighted by atomic mass is 10.1. The van der Waals surface area contributed by atoms with Crippen molar-refractivity contribution < 1.29 is 28.6 Å².